The van der Waals surface area contributed by atoms with Gasteiger partial charge in [-0.15, -0.1) is 21.5 Å². The van der Waals surface area contributed by atoms with E-state index in [1.807, 2.05) is 42.5 Å². The minimum Gasteiger partial charge on any atom is -0.497 e. The zero-order valence-electron chi connectivity index (χ0n) is 20.4. The van der Waals surface area contributed by atoms with Crippen LogP contribution in [0.1, 0.15) is 17.5 Å². The summed E-state index contributed by atoms with van der Waals surface area (Å²) >= 11 is 2.89. The van der Waals surface area contributed by atoms with Gasteiger partial charge in [0.25, 0.3) is 5.22 Å². The van der Waals surface area contributed by atoms with Gasteiger partial charge in [-0.2, -0.15) is 0 Å². The summed E-state index contributed by atoms with van der Waals surface area (Å²) in [4.78, 5) is 17.5. The van der Waals surface area contributed by atoms with E-state index in [0.717, 1.165) is 28.2 Å². The number of carbonyl (C=O) groups excluding carboxylic acids is 1. The largest absolute Gasteiger partial charge is 0.497 e. The van der Waals surface area contributed by atoms with Gasteiger partial charge in [-0.3, -0.25) is 4.79 Å². The van der Waals surface area contributed by atoms with Crippen molar-refractivity contribution in [3.05, 3.63) is 77.3 Å². The van der Waals surface area contributed by atoms with Gasteiger partial charge in [0.15, 0.2) is 0 Å². The van der Waals surface area contributed by atoms with E-state index >= 15 is 0 Å². The Balaban J connectivity index is 1.18. The molecule has 0 radical (unpaired) electrons. The number of hydrogen-bond acceptors (Lipinski definition) is 9. The molecule has 0 unspecified atom stereocenters. The van der Waals surface area contributed by atoms with E-state index in [1.165, 1.54) is 16.5 Å². The number of ether oxygens (including phenoxy) is 2. The second-order valence-electron chi connectivity index (χ2n) is 8.17. The van der Waals surface area contributed by atoms with Crippen LogP contribution in [0.2, 0.25) is 0 Å². The van der Waals surface area contributed by atoms with Crippen LogP contribution < -0.4 is 14.8 Å². The molecule has 188 valence electrons. The van der Waals surface area contributed by atoms with Crippen molar-refractivity contribution in [2.45, 2.75) is 23.8 Å². The number of thiazole rings is 1. The third-order valence-electron chi connectivity index (χ3n) is 5.57. The summed E-state index contributed by atoms with van der Waals surface area (Å²) < 4.78 is 17.6. The normalized spacial score (nSPS) is 11.9. The van der Waals surface area contributed by atoms with Gasteiger partial charge in [0, 0.05) is 23.7 Å². The van der Waals surface area contributed by atoms with Crippen molar-refractivity contribution >= 4 is 44.9 Å². The van der Waals surface area contributed by atoms with Gasteiger partial charge in [-0.1, -0.05) is 36.0 Å². The van der Waals surface area contributed by atoms with E-state index in [4.69, 9.17) is 18.9 Å². The van der Waals surface area contributed by atoms with Gasteiger partial charge in [0.1, 0.15) is 11.5 Å². The summed E-state index contributed by atoms with van der Waals surface area (Å²) in [6.45, 7) is 1.79. The first-order chi connectivity index (χ1) is 18.0. The highest BCUT2D eigenvalue weighted by Crippen LogP contribution is 2.32. The molecular weight excluding hydrogens is 508 g/mol. The van der Waals surface area contributed by atoms with E-state index in [2.05, 4.69) is 21.6 Å². The van der Waals surface area contributed by atoms with Crippen molar-refractivity contribution in [2.24, 2.45) is 0 Å². The maximum atomic E-state index is 12.8. The number of amides is 1. The predicted molar refractivity (Wildman–Crippen MR) is 146 cm³/mol. The minimum absolute atomic E-state index is 0.160. The lowest BCUT2D eigenvalue weighted by Crippen LogP contribution is -2.22. The second-order valence-corrected chi connectivity index (χ2v) is 10.6. The Morgan fingerprint density at radius 1 is 1.03 bits per heavy atom. The predicted octanol–water partition coefficient (Wildman–Crippen LogP) is 6.07. The van der Waals surface area contributed by atoms with E-state index in [1.54, 1.807) is 50.7 Å². The molecule has 2 aromatic heterocycles. The van der Waals surface area contributed by atoms with Crippen molar-refractivity contribution in [3.63, 3.8) is 0 Å². The van der Waals surface area contributed by atoms with E-state index in [9.17, 15) is 4.79 Å². The number of methoxy groups -OCH3 is 2. The summed E-state index contributed by atoms with van der Waals surface area (Å²) in [5, 5.41) is 12.0. The Bertz CT molecular complexity index is 1480. The van der Waals surface area contributed by atoms with Crippen molar-refractivity contribution in [3.8, 4) is 23.0 Å². The van der Waals surface area contributed by atoms with Gasteiger partial charge < -0.3 is 19.2 Å². The maximum Gasteiger partial charge on any atom is 0.277 e. The fourth-order valence-electron chi connectivity index (χ4n) is 3.63. The lowest BCUT2D eigenvalue weighted by Gasteiger charge is -2.10. The van der Waals surface area contributed by atoms with Crippen LogP contribution in [0, 0.1) is 0 Å². The average Bonchev–Trinajstić information content (AvgIpc) is 3.56. The van der Waals surface area contributed by atoms with Gasteiger partial charge in [0.05, 0.1) is 34.7 Å². The van der Waals surface area contributed by atoms with Crippen molar-refractivity contribution in [2.75, 3.05) is 19.5 Å². The molecule has 8 nitrogen and oxygen atoms in total. The molecule has 0 aliphatic rings. The van der Waals surface area contributed by atoms with Crippen molar-refractivity contribution in [1.82, 2.24) is 15.2 Å². The van der Waals surface area contributed by atoms with Crippen LogP contribution >= 0.6 is 23.1 Å². The number of nitrogens with zero attached hydrogens (tertiary/aromatic N) is 3. The topological polar surface area (TPSA) is 99.4 Å². The zero-order valence-corrected chi connectivity index (χ0v) is 22.1. The first kappa shape index (κ1) is 24.8. The molecule has 5 aromatic rings. The molecule has 2 heterocycles. The molecule has 0 aliphatic heterocycles. The number of thioether (sulfide) groups is 1. The van der Waals surface area contributed by atoms with Crippen LogP contribution in [-0.4, -0.2) is 40.6 Å². The van der Waals surface area contributed by atoms with Crippen LogP contribution in [0.5, 0.6) is 11.5 Å². The smallest absolute Gasteiger partial charge is 0.277 e. The summed E-state index contributed by atoms with van der Waals surface area (Å²) in [5.74, 6) is 1.38. The molecule has 0 saturated heterocycles. The molecule has 1 amide bonds. The van der Waals surface area contributed by atoms with Gasteiger partial charge in [-0.05, 0) is 48.9 Å². The molecule has 0 spiro atoms. The van der Waals surface area contributed by atoms with Crippen molar-refractivity contribution < 1.29 is 18.7 Å². The first-order valence-electron chi connectivity index (χ1n) is 11.5. The van der Waals surface area contributed by atoms with E-state index < -0.39 is 5.25 Å². The maximum absolute atomic E-state index is 12.8. The van der Waals surface area contributed by atoms with Gasteiger partial charge >= 0.3 is 0 Å². The molecular formula is C27H24N4O4S2. The molecule has 5 rings (SSSR count). The number of anilines is 1. The van der Waals surface area contributed by atoms with Crippen LogP contribution in [0.4, 0.5) is 5.69 Å². The molecule has 0 fully saturated rings. The number of hydrogen-bond donors (Lipinski definition) is 1. The Labute approximate surface area is 222 Å². The fraction of sp³-hybridized carbons (Fsp3) is 0.185. The van der Waals surface area contributed by atoms with Crippen LogP contribution in [0.25, 0.3) is 21.7 Å². The Kier molecular flexibility index (Phi) is 7.38. The summed E-state index contributed by atoms with van der Waals surface area (Å²) in [6.07, 6.45) is 0.748. The lowest BCUT2D eigenvalue weighted by molar-refractivity contribution is -0.115. The Morgan fingerprint density at radius 2 is 1.76 bits per heavy atom. The number of nitrogens with one attached hydrogen (secondary N) is 1. The number of rotatable bonds is 9. The van der Waals surface area contributed by atoms with Crippen LogP contribution in [0.3, 0.4) is 0 Å². The summed E-state index contributed by atoms with van der Waals surface area (Å²) in [7, 11) is 3.15. The third-order valence-corrected chi connectivity index (χ3v) is 7.54. The van der Waals surface area contributed by atoms with Gasteiger partial charge in [0.2, 0.25) is 11.8 Å². The van der Waals surface area contributed by atoms with E-state index in [0.29, 0.717) is 28.2 Å². The first-order valence-corrected chi connectivity index (χ1v) is 13.2. The molecule has 10 heteroatoms. The molecule has 0 aliphatic carbocycles. The fourth-order valence-corrected chi connectivity index (χ4v) is 5.31. The monoisotopic (exact) mass is 532 g/mol. The van der Waals surface area contributed by atoms with Crippen LogP contribution in [-0.2, 0) is 11.2 Å². The molecule has 0 saturated carbocycles. The number of carbonyl (C=O) groups is 1. The second kappa shape index (κ2) is 11.0. The molecule has 1 atom stereocenters. The summed E-state index contributed by atoms with van der Waals surface area (Å²) in [5.41, 5.74) is 3.54. The number of fused-ring (bicyclic) bond motifs is 1. The summed E-state index contributed by atoms with van der Waals surface area (Å²) in [6, 6.07) is 21.3. The minimum atomic E-state index is -0.449. The Morgan fingerprint density at radius 3 is 2.46 bits per heavy atom. The van der Waals surface area contributed by atoms with Crippen LogP contribution in [0.15, 0.2) is 76.4 Å². The third kappa shape index (κ3) is 5.92. The quantitative estimate of drug-likeness (QED) is 0.228. The lowest BCUT2D eigenvalue weighted by atomic mass is 10.1. The highest BCUT2D eigenvalue weighted by molar-refractivity contribution is 8.00. The highest BCUT2D eigenvalue weighted by Gasteiger charge is 2.19. The number of para-hydroxylation sites is 1. The molecule has 37 heavy (non-hydrogen) atoms. The highest BCUT2D eigenvalue weighted by atomic mass is 32.2. The standard InChI is InChI=1S/C27H24N4O4S2/c1-16(36-27-31-30-26(35-27)18-13-20(33-2)15-21(14-18)34-3)25(32)28-19-10-8-17(9-11-19)12-24-29-22-6-4-5-7-23(22)37-24/h4-11,13-16H,12H2,1-3H3,(H,28,32)/t16-/m0/s1. The molecule has 1 N–H and O–H groups in total. The van der Waals surface area contributed by atoms with Gasteiger partial charge in [-0.25, -0.2) is 4.98 Å². The molecule has 0 bridgehead atoms. The molecule has 3 aromatic carbocycles. The zero-order chi connectivity index (χ0) is 25.8. The number of benzene rings is 3. The van der Waals surface area contributed by atoms with E-state index in [-0.39, 0.29) is 5.91 Å². The Hall–Kier alpha value is -3.89. The van der Waals surface area contributed by atoms with Crippen molar-refractivity contribution in [1.29, 1.82) is 0 Å². The number of aromatic nitrogens is 3. The average molecular weight is 533 g/mol. The SMILES string of the molecule is COc1cc(OC)cc(-c2nnc(S[C@@H](C)C(=O)Nc3ccc(Cc4nc5ccccc5s4)cc3)o2)c1.